The van der Waals surface area contributed by atoms with E-state index in [1.54, 1.807) is 0 Å². The molecule has 0 aromatic carbocycles. The second-order valence-electron chi connectivity index (χ2n) is 6.00. The van der Waals surface area contributed by atoms with Crippen molar-refractivity contribution in [3.8, 4) is 0 Å². The van der Waals surface area contributed by atoms with Crippen molar-refractivity contribution in [2.75, 3.05) is 19.8 Å². The fraction of sp³-hybridized carbons (Fsp3) is 0.933. The van der Waals surface area contributed by atoms with Crippen molar-refractivity contribution in [2.24, 2.45) is 5.92 Å². The Hall–Kier alpha value is -0.610. The van der Waals surface area contributed by atoms with E-state index in [0.29, 0.717) is 12.5 Å². The lowest BCUT2D eigenvalue weighted by Gasteiger charge is -2.30. The van der Waals surface area contributed by atoms with E-state index in [9.17, 15) is 4.79 Å². The topological polar surface area (TPSA) is 47.6 Å². The Morgan fingerprint density at radius 1 is 1.53 bits per heavy atom. The van der Waals surface area contributed by atoms with Gasteiger partial charge >= 0.3 is 5.97 Å². The van der Waals surface area contributed by atoms with Crippen LogP contribution in [0.1, 0.15) is 53.4 Å². The highest BCUT2D eigenvalue weighted by Gasteiger charge is 2.35. The Morgan fingerprint density at radius 2 is 2.26 bits per heavy atom. The summed E-state index contributed by atoms with van der Waals surface area (Å²) in [6, 6.07) is 0. The highest BCUT2D eigenvalue weighted by Crippen LogP contribution is 2.20. The average molecular weight is 271 g/mol. The third kappa shape index (κ3) is 5.49. The van der Waals surface area contributed by atoms with Gasteiger partial charge in [0.05, 0.1) is 12.7 Å². The first-order valence-electron chi connectivity index (χ1n) is 7.51. The van der Waals surface area contributed by atoms with Gasteiger partial charge in [0.25, 0.3) is 0 Å². The summed E-state index contributed by atoms with van der Waals surface area (Å²) in [7, 11) is 0. The van der Waals surface area contributed by atoms with Crippen molar-refractivity contribution < 1.29 is 14.3 Å². The van der Waals surface area contributed by atoms with Crippen LogP contribution in [0.4, 0.5) is 0 Å². The summed E-state index contributed by atoms with van der Waals surface area (Å²) in [5, 5.41) is 3.38. The number of hydrogen-bond acceptors (Lipinski definition) is 4. The molecular weight excluding hydrogens is 242 g/mol. The minimum atomic E-state index is -0.591. The maximum atomic E-state index is 12.2. The predicted octanol–water partition coefficient (Wildman–Crippen LogP) is 2.51. The van der Waals surface area contributed by atoms with Gasteiger partial charge in [0.1, 0.15) is 5.54 Å². The second kappa shape index (κ2) is 7.85. The largest absolute Gasteiger partial charge is 0.465 e. The van der Waals surface area contributed by atoms with Crippen molar-refractivity contribution in [1.82, 2.24) is 5.32 Å². The lowest BCUT2D eigenvalue weighted by molar-refractivity contribution is -0.151. The molecule has 0 saturated carbocycles. The molecule has 1 aliphatic heterocycles. The molecule has 2 atom stereocenters. The van der Waals surface area contributed by atoms with Gasteiger partial charge in [0.2, 0.25) is 0 Å². The number of hydrogen-bond donors (Lipinski definition) is 1. The maximum Gasteiger partial charge on any atom is 0.326 e. The van der Waals surface area contributed by atoms with Crippen LogP contribution in [0.2, 0.25) is 0 Å². The molecule has 19 heavy (non-hydrogen) atoms. The lowest BCUT2D eigenvalue weighted by atomic mass is 9.91. The van der Waals surface area contributed by atoms with Gasteiger partial charge in [-0.1, -0.05) is 13.8 Å². The summed E-state index contributed by atoms with van der Waals surface area (Å²) in [6.07, 6.45) is 4.25. The first-order valence-corrected chi connectivity index (χ1v) is 7.51. The van der Waals surface area contributed by atoms with Crippen LogP contribution in [0.3, 0.4) is 0 Å². The van der Waals surface area contributed by atoms with Crippen molar-refractivity contribution in [3.63, 3.8) is 0 Å². The van der Waals surface area contributed by atoms with E-state index in [4.69, 9.17) is 9.47 Å². The first-order chi connectivity index (χ1) is 8.98. The number of carbonyl (C=O) groups is 1. The van der Waals surface area contributed by atoms with Gasteiger partial charge in [-0.15, -0.1) is 0 Å². The number of esters is 1. The van der Waals surface area contributed by atoms with Crippen LogP contribution in [0.5, 0.6) is 0 Å². The molecule has 0 aromatic rings. The van der Waals surface area contributed by atoms with Crippen LogP contribution in [0.15, 0.2) is 0 Å². The molecule has 1 saturated heterocycles. The molecule has 112 valence electrons. The smallest absolute Gasteiger partial charge is 0.326 e. The van der Waals surface area contributed by atoms with Gasteiger partial charge in [0, 0.05) is 13.2 Å². The number of rotatable bonds is 8. The Bertz CT molecular complexity index is 275. The molecule has 2 unspecified atom stereocenters. The SMILES string of the molecule is CCOC(=O)C(C)(CCC(C)C)NCC1CCCO1. The zero-order valence-electron chi connectivity index (χ0n) is 12.8. The third-order valence-corrected chi connectivity index (χ3v) is 3.69. The summed E-state index contributed by atoms with van der Waals surface area (Å²) < 4.78 is 10.8. The van der Waals surface area contributed by atoms with Gasteiger partial charge in [0.15, 0.2) is 0 Å². The molecular formula is C15H29NO3. The van der Waals surface area contributed by atoms with E-state index in [2.05, 4.69) is 19.2 Å². The second-order valence-corrected chi connectivity index (χ2v) is 6.00. The molecule has 0 amide bonds. The highest BCUT2D eigenvalue weighted by molar-refractivity contribution is 5.80. The molecule has 1 aliphatic rings. The maximum absolute atomic E-state index is 12.2. The predicted molar refractivity (Wildman–Crippen MR) is 76.1 cm³/mol. The normalized spacial score (nSPS) is 22.5. The van der Waals surface area contributed by atoms with Crippen molar-refractivity contribution in [1.29, 1.82) is 0 Å². The molecule has 0 bridgehead atoms. The van der Waals surface area contributed by atoms with Gasteiger partial charge in [-0.3, -0.25) is 10.1 Å². The Balaban J connectivity index is 2.53. The van der Waals surface area contributed by atoms with E-state index in [0.717, 1.165) is 38.8 Å². The van der Waals surface area contributed by atoms with Crippen molar-refractivity contribution in [3.05, 3.63) is 0 Å². The van der Waals surface area contributed by atoms with Gasteiger partial charge in [-0.05, 0) is 45.4 Å². The summed E-state index contributed by atoms with van der Waals surface area (Å²) in [4.78, 5) is 12.2. The van der Waals surface area contributed by atoms with E-state index in [1.807, 2.05) is 13.8 Å². The molecule has 0 aliphatic carbocycles. The number of nitrogens with one attached hydrogen (secondary N) is 1. The van der Waals surface area contributed by atoms with Crippen molar-refractivity contribution >= 4 is 5.97 Å². The van der Waals surface area contributed by atoms with Crippen LogP contribution in [-0.4, -0.2) is 37.4 Å². The van der Waals surface area contributed by atoms with Crippen LogP contribution in [0.25, 0.3) is 0 Å². The zero-order valence-corrected chi connectivity index (χ0v) is 12.8. The molecule has 4 nitrogen and oxygen atoms in total. The van der Waals surface area contributed by atoms with E-state index >= 15 is 0 Å². The first kappa shape index (κ1) is 16.4. The number of carbonyl (C=O) groups excluding carboxylic acids is 1. The van der Waals surface area contributed by atoms with Crippen LogP contribution in [-0.2, 0) is 14.3 Å². The lowest BCUT2D eigenvalue weighted by Crippen LogP contribution is -2.52. The van der Waals surface area contributed by atoms with Crippen LogP contribution in [0, 0.1) is 5.92 Å². The highest BCUT2D eigenvalue weighted by atomic mass is 16.5. The molecule has 0 aromatic heterocycles. The third-order valence-electron chi connectivity index (χ3n) is 3.69. The molecule has 1 N–H and O–H groups in total. The summed E-state index contributed by atoms with van der Waals surface area (Å²) in [6.45, 7) is 10.1. The van der Waals surface area contributed by atoms with Gasteiger partial charge in [-0.25, -0.2) is 0 Å². The fourth-order valence-corrected chi connectivity index (χ4v) is 2.27. The standard InChI is InChI=1S/C15H29NO3/c1-5-18-14(17)15(4,9-8-12(2)3)16-11-13-7-6-10-19-13/h12-13,16H,5-11H2,1-4H3. The minimum Gasteiger partial charge on any atom is -0.465 e. The number of ether oxygens (including phenoxy) is 2. The monoisotopic (exact) mass is 271 g/mol. The van der Waals surface area contributed by atoms with Crippen LogP contribution >= 0.6 is 0 Å². The molecule has 0 spiro atoms. The molecule has 1 heterocycles. The van der Waals surface area contributed by atoms with Gasteiger partial charge in [-0.2, -0.15) is 0 Å². The molecule has 1 rings (SSSR count). The summed E-state index contributed by atoms with van der Waals surface area (Å²) in [5.74, 6) is 0.437. The van der Waals surface area contributed by atoms with Crippen molar-refractivity contribution in [2.45, 2.75) is 65.0 Å². The zero-order chi connectivity index (χ0) is 14.3. The minimum absolute atomic E-state index is 0.145. The quantitative estimate of drug-likeness (QED) is 0.689. The molecule has 1 fully saturated rings. The fourth-order valence-electron chi connectivity index (χ4n) is 2.27. The summed E-state index contributed by atoms with van der Waals surface area (Å²) in [5.41, 5.74) is -0.591. The summed E-state index contributed by atoms with van der Waals surface area (Å²) >= 11 is 0. The average Bonchev–Trinajstić information content (AvgIpc) is 2.87. The van der Waals surface area contributed by atoms with E-state index in [-0.39, 0.29) is 12.1 Å². The van der Waals surface area contributed by atoms with E-state index in [1.165, 1.54) is 0 Å². The Morgan fingerprint density at radius 3 is 2.79 bits per heavy atom. The van der Waals surface area contributed by atoms with Crippen LogP contribution < -0.4 is 5.32 Å². The molecule has 4 heteroatoms. The Kier molecular flexibility index (Phi) is 6.80. The van der Waals surface area contributed by atoms with E-state index < -0.39 is 5.54 Å². The van der Waals surface area contributed by atoms with Gasteiger partial charge < -0.3 is 9.47 Å². The molecule has 0 radical (unpaired) electrons. The Labute approximate surface area is 117 Å².